The average molecular weight is 269 g/mol. The Morgan fingerprint density at radius 1 is 1.56 bits per heavy atom. The fourth-order valence-corrected chi connectivity index (χ4v) is 2.14. The molecular formula is C13H17ClN2O2. The standard InChI is InChI=1S/C13H17ClN2O2/c1-13(15,8-3-4-8)12(17)16-9-5-6-11(18-2)10(14)7-9/h5-8H,3-4,15H2,1-2H3,(H,16,17). The van der Waals surface area contributed by atoms with Gasteiger partial charge < -0.3 is 15.8 Å². The Kier molecular flexibility index (Phi) is 3.50. The summed E-state index contributed by atoms with van der Waals surface area (Å²) < 4.78 is 5.05. The lowest BCUT2D eigenvalue weighted by molar-refractivity contribution is -0.121. The molecule has 98 valence electrons. The molecule has 1 aromatic rings. The number of halogens is 1. The van der Waals surface area contributed by atoms with E-state index in [0.29, 0.717) is 16.5 Å². The summed E-state index contributed by atoms with van der Waals surface area (Å²) in [5.74, 6) is 0.685. The molecule has 1 atom stereocenters. The number of hydrogen-bond donors (Lipinski definition) is 2. The highest BCUT2D eigenvalue weighted by atomic mass is 35.5. The third-order valence-corrected chi connectivity index (χ3v) is 3.62. The Bertz CT molecular complexity index is 470. The molecule has 5 heteroatoms. The first-order valence-corrected chi connectivity index (χ1v) is 6.27. The van der Waals surface area contributed by atoms with Gasteiger partial charge in [0.2, 0.25) is 5.91 Å². The summed E-state index contributed by atoms with van der Waals surface area (Å²) >= 11 is 5.99. The Morgan fingerprint density at radius 2 is 2.22 bits per heavy atom. The zero-order valence-electron chi connectivity index (χ0n) is 10.5. The van der Waals surface area contributed by atoms with Crippen LogP contribution in [0.15, 0.2) is 18.2 Å². The largest absolute Gasteiger partial charge is 0.495 e. The van der Waals surface area contributed by atoms with Crippen molar-refractivity contribution in [3.8, 4) is 5.75 Å². The van der Waals surface area contributed by atoms with E-state index in [1.54, 1.807) is 32.2 Å². The molecule has 1 fully saturated rings. The van der Waals surface area contributed by atoms with E-state index in [0.717, 1.165) is 12.8 Å². The highest BCUT2D eigenvalue weighted by Gasteiger charge is 2.44. The summed E-state index contributed by atoms with van der Waals surface area (Å²) in [5, 5.41) is 3.25. The molecule has 0 aliphatic heterocycles. The van der Waals surface area contributed by atoms with E-state index in [-0.39, 0.29) is 11.8 Å². The van der Waals surface area contributed by atoms with Gasteiger partial charge >= 0.3 is 0 Å². The number of nitrogens with two attached hydrogens (primary N) is 1. The van der Waals surface area contributed by atoms with Crippen molar-refractivity contribution >= 4 is 23.2 Å². The molecule has 0 spiro atoms. The number of nitrogens with one attached hydrogen (secondary N) is 1. The molecule has 1 saturated carbocycles. The SMILES string of the molecule is COc1ccc(NC(=O)C(C)(N)C2CC2)cc1Cl. The lowest BCUT2D eigenvalue weighted by atomic mass is 9.96. The van der Waals surface area contributed by atoms with Crippen LogP contribution in [-0.4, -0.2) is 18.6 Å². The number of ether oxygens (including phenoxy) is 1. The monoisotopic (exact) mass is 268 g/mol. The number of methoxy groups -OCH3 is 1. The Balaban J connectivity index is 2.09. The third kappa shape index (κ3) is 2.60. The van der Waals surface area contributed by atoms with Gasteiger partial charge in [-0.2, -0.15) is 0 Å². The summed E-state index contributed by atoms with van der Waals surface area (Å²) in [5.41, 5.74) is 5.85. The van der Waals surface area contributed by atoms with Crippen LogP contribution in [0.1, 0.15) is 19.8 Å². The fraction of sp³-hybridized carbons (Fsp3) is 0.462. The van der Waals surface area contributed by atoms with Gasteiger partial charge in [-0.3, -0.25) is 4.79 Å². The molecule has 0 radical (unpaired) electrons. The first-order valence-electron chi connectivity index (χ1n) is 5.89. The summed E-state index contributed by atoms with van der Waals surface area (Å²) in [6.07, 6.45) is 2.04. The minimum atomic E-state index is -0.813. The molecule has 3 N–H and O–H groups in total. The van der Waals surface area contributed by atoms with Crippen molar-refractivity contribution in [3.63, 3.8) is 0 Å². The molecule has 1 amide bonds. The van der Waals surface area contributed by atoms with E-state index < -0.39 is 5.54 Å². The van der Waals surface area contributed by atoms with Crippen molar-refractivity contribution in [1.29, 1.82) is 0 Å². The van der Waals surface area contributed by atoms with Gasteiger partial charge in [-0.15, -0.1) is 0 Å². The van der Waals surface area contributed by atoms with Crippen molar-refractivity contribution < 1.29 is 9.53 Å². The van der Waals surface area contributed by atoms with Gasteiger partial charge in [0.25, 0.3) is 0 Å². The highest BCUT2D eigenvalue weighted by molar-refractivity contribution is 6.32. The number of rotatable bonds is 4. The number of amides is 1. The van der Waals surface area contributed by atoms with E-state index in [4.69, 9.17) is 22.1 Å². The molecule has 0 aromatic heterocycles. The van der Waals surface area contributed by atoms with Gasteiger partial charge in [0.1, 0.15) is 5.75 Å². The summed E-state index contributed by atoms with van der Waals surface area (Å²) in [6.45, 7) is 1.77. The molecule has 0 saturated heterocycles. The molecule has 1 aliphatic carbocycles. The summed E-state index contributed by atoms with van der Waals surface area (Å²) in [4.78, 5) is 12.1. The number of benzene rings is 1. The van der Waals surface area contributed by atoms with E-state index in [2.05, 4.69) is 5.32 Å². The van der Waals surface area contributed by atoms with Crippen LogP contribution in [0.25, 0.3) is 0 Å². The smallest absolute Gasteiger partial charge is 0.244 e. The van der Waals surface area contributed by atoms with Gasteiger partial charge in [0, 0.05) is 5.69 Å². The number of carbonyl (C=O) groups excluding carboxylic acids is 1. The predicted octanol–water partition coefficient (Wildman–Crippen LogP) is 2.41. The van der Waals surface area contributed by atoms with Gasteiger partial charge in [0.05, 0.1) is 17.7 Å². The van der Waals surface area contributed by atoms with Crippen LogP contribution < -0.4 is 15.8 Å². The second kappa shape index (κ2) is 4.78. The Morgan fingerprint density at radius 3 is 2.72 bits per heavy atom. The maximum atomic E-state index is 12.1. The van der Waals surface area contributed by atoms with Gasteiger partial charge in [-0.25, -0.2) is 0 Å². The second-order valence-corrected chi connectivity index (χ2v) is 5.27. The van der Waals surface area contributed by atoms with Gasteiger partial charge in [-0.1, -0.05) is 11.6 Å². The van der Waals surface area contributed by atoms with Crippen molar-refractivity contribution in [2.75, 3.05) is 12.4 Å². The topological polar surface area (TPSA) is 64.3 Å². The van der Waals surface area contributed by atoms with Crippen LogP contribution in [-0.2, 0) is 4.79 Å². The minimum absolute atomic E-state index is 0.175. The maximum Gasteiger partial charge on any atom is 0.244 e. The summed E-state index contributed by atoms with van der Waals surface area (Å²) in [7, 11) is 1.55. The molecule has 0 bridgehead atoms. The fourth-order valence-electron chi connectivity index (χ4n) is 1.88. The molecule has 18 heavy (non-hydrogen) atoms. The van der Waals surface area contributed by atoms with Crippen molar-refractivity contribution in [3.05, 3.63) is 23.2 Å². The van der Waals surface area contributed by atoms with Crippen LogP contribution >= 0.6 is 11.6 Å². The van der Waals surface area contributed by atoms with E-state index in [1.165, 1.54) is 0 Å². The lowest BCUT2D eigenvalue weighted by Gasteiger charge is -2.23. The van der Waals surface area contributed by atoms with E-state index >= 15 is 0 Å². The second-order valence-electron chi connectivity index (χ2n) is 4.86. The molecule has 4 nitrogen and oxygen atoms in total. The van der Waals surface area contributed by atoms with E-state index in [1.807, 2.05) is 0 Å². The van der Waals surface area contributed by atoms with Crippen LogP contribution in [0.3, 0.4) is 0 Å². The van der Waals surface area contributed by atoms with Crippen LogP contribution in [0.4, 0.5) is 5.69 Å². The normalized spacial score (nSPS) is 18.0. The quantitative estimate of drug-likeness (QED) is 0.881. The predicted molar refractivity (Wildman–Crippen MR) is 72.0 cm³/mol. The molecule has 1 aromatic carbocycles. The maximum absolute atomic E-state index is 12.1. The first-order chi connectivity index (χ1) is 8.45. The van der Waals surface area contributed by atoms with Crippen LogP contribution in [0, 0.1) is 5.92 Å². The Labute approximate surface area is 111 Å². The third-order valence-electron chi connectivity index (χ3n) is 3.32. The summed E-state index contributed by atoms with van der Waals surface area (Å²) in [6, 6.07) is 5.11. The molecule has 2 rings (SSSR count). The number of anilines is 1. The zero-order valence-corrected chi connectivity index (χ0v) is 11.3. The van der Waals surface area contributed by atoms with Crippen LogP contribution in [0.5, 0.6) is 5.75 Å². The van der Waals surface area contributed by atoms with Crippen molar-refractivity contribution in [1.82, 2.24) is 0 Å². The first kappa shape index (κ1) is 13.2. The van der Waals surface area contributed by atoms with Gasteiger partial charge in [0.15, 0.2) is 0 Å². The average Bonchev–Trinajstić information content (AvgIpc) is 3.13. The number of hydrogen-bond acceptors (Lipinski definition) is 3. The highest BCUT2D eigenvalue weighted by Crippen LogP contribution is 2.38. The molecule has 0 heterocycles. The van der Waals surface area contributed by atoms with Crippen LogP contribution in [0.2, 0.25) is 5.02 Å². The number of carbonyl (C=O) groups is 1. The molecular weight excluding hydrogens is 252 g/mol. The van der Waals surface area contributed by atoms with E-state index in [9.17, 15) is 4.79 Å². The lowest BCUT2D eigenvalue weighted by Crippen LogP contribution is -2.50. The Hall–Kier alpha value is -1.26. The molecule has 1 aliphatic rings. The van der Waals surface area contributed by atoms with Crippen molar-refractivity contribution in [2.45, 2.75) is 25.3 Å². The molecule has 1 unspecified atom stereocenters. The van der Waals surface area contributed by atoms with Gasteiger partial charge in [-0.05, 0) is 43.9 Å². The zero-order chi connectivity index (χ0) is 13.3. The minimum Gasteiger partial charge on any atom is -0.495 e. The van der Waals surface area contributed by atoms with Crippen molar-refractivity contribution in [2.24, 2.45) is 11.7 Å².